The van der Waals surface area contributed by atoms with E-state index in [1.165, 1.54) is 24.2 Å². The molecule has 1 aromatic rings. The van der Waals surface area contributed by atoms with E-state index in [0.717, 1.165) is 12.0 Å². The Hall–Kier alpha value is -0.835. The molecule has 0 unspecified atom stereocenters. The van der Waals surface area contributed by atoms with Gasteiger partial charge in [-0.25, -0.2) is 0 Å². The maximum Gasteiger partial charge on any atom is 0.494 e. The molecule has 23 heavy (non-hydrogen) atoms. The highest BCUT2D eigenvalue weighted by atomic mass is 16.7. The van der Waals surface area contributed by atoms with Gasteiger partial charge < -0.3 is 9.31 Å². The summed E-state index contributed by atoms with van der Waals surface area (Å²) >= 11 is 0. The van der Waals surface area contributed by atoms with Crippen molar-refractivity contribution in [2.75, 3.05) is 13.1 Å². The van der Waals surface area contributed by atoms with Gasteiger partial charge in [-0.15, -0.1) is 0 Å². The summed E-state index contributed by atoms with van der Waals surface area (Å²) in [4.78, 5) is 2.51. The van der Waals surface area contributed by atoms with Crippen LogP contribution >= 0.6 is 0 Å². The second kappa shape index (κ2) is 5.33. The molecule has 2 aliphatic heterocycles. The van der Waals surface area contributed by atoms with E-state index in [0.29, 0.717) is 5.41 Å². The second-order valence-electron chi connectivity index (χ2n) is 9.08. The van der Waals surface area contributed by atoms with E-state index >= 15 is 0 Å². The number of hydrogen-bond acceptors (Lipinski definition) is 3. The lowest BCUT2D eigenvalue weighted by Crippen LogP contribution is -2.52. The number of hydrogen-bond donors (Lipinski definition) is 0. The minimum absolute atomic E-state index is 0.271. The van der Waals surface area contributed by atoms with Crippen LogP contribution in [0, 0.1) is 12.3 Å². The van der Waals surface area contributed by atoms with Crippen molar-refractivity contribution >= 4 is 12.6 Å². The number of likely N-dealkylation sites (tertiary alicyclic amines) is 1. The predicted octanol–water partition coefficient (Wildman–Crippen LogP) is 3.14. The highest BCUT2D eigenvalue weighted by Gasteiger charge is 2.51. The molecule has 4 heteroatoms. The molecule has 0 radical (unpaired) electrons. The van der Waals surface area contributed by atoms with Crippen molar-refractivity contribution in [1.82, 2.24) is 4.90 Å². The molecule has 0 atom stereocenters. The molecule has 0 saturated carbocycles. The number of rotatable bonds is 3. The van der Waals surface area contributed by atoms with Crippen LogP contribution in [0.15, 0.2) is 18.2 Å². The van der Waals surface area contributed by atoms with Crippen LogP contribution in [-0.4, -0.2) is 36.3 Å². The van der Waals surface area contributed by atoms with Crippen molar-refractivity contribution in [3.8, 4) is 0 Å². The smallest absolute Gasteiger partial charge is 0.399 e. The molecule has 0 aromatic heterocycles. The molecule has 3 rings (SSSR count). The van der Waals surface area contributed by atoms with Crippen LogP contribution in [0.2, 0.25) is 0 Å². The lowest BCUT2D eigenvalue weighted by atomic mass is 9.77. The zero-order valence-electron chi connectivity index (χ0n) is 15.7. The Kier molecular flexibility index (Phi) is 3.94. The van der Waals surface area contributed by atoms with Crippen LogP contribution in [0.1, 0.15) is 52.7 Å². The number of aryl methyl sites for hydroxylation is 1. The summed E-state index contributed by atoms with van der Waals surface area (Å²) in [5, 5.41) is 0. The van der Waals surface area contributed by atoms with Crippen LogP contribution in [0.25, 0.3) is 0 Å². The van der Waals surface area contributed by atoms with Crippen LogP contribution < -0.4 is 5.46 Å². The molecule has 0 amide bonds. The van der Waals surface area contributed by atoms with E-state index in [1.54, 1.807) is 0 Å². The summed E-state index contributed by atoms with van der Waals surface area (Å²) in [5.41, 5.74) is 3.75. The standard InChI is InChI=1S/C19H30BNO2/c1-14-8-9-16(20-22-18(4,5)19(6,7)23-20)10-15(14)11-21-12-17(2,3)13-21/h8-10H,11-13H2,1-7H3. The Morgan fingerprint density at radius 1 is 1.00 bits per heavy atom. The zero-order valence-corrected chi connectivity index (χ0v) is 15.7. The third kappa shape index (κ3) is 3.22. The Morgan fingerprint density at radius 2 is 1.57 bits per heavy atom. The van der Waals surface area contributed by atoms with Crippen LogP contribution in [-0.2, 0) is 15.9 Å². The van der Waals surface area contributed by atoms with Gasteiger partial charge in [0, 0.05) is 19.6 Å². The van der Waals surface area contributed by atoms with Crippen molar-refractivity contribution in [3.05, 3.63) is 29.3 Å². The summed E-state index contributed by atoms with van der Waals surface area (Å²) in [5.74, 6) is 0. The van der Waals surface area contributed by atoms with Gasteiger partial charge in [-0.3, -0.25) is 4.90 Å². The van der Waals surface area contributed by atoms with Gasteiger partial charge in [-0.2, -0.15) is 0 Å². The third-order valence-corrected chi connectivity index (χ3v) is 5.60. The van der Waals surface area contributed by atoms with E-state index in [-0.39, 0.29) is 18.3 Å². The molecular weight excluding hydrogens is 285 g/mol. The van der Waals surface area contributed by atoms with Crippen molar-refractivity contribution in [2.45, 2.75) is 66.2 Å². The van der Waals surface area contributed by atoms with Crippen molar-refractivity contribution in [1.29, 1.82) is 0 Å². The van der Waals surface area contributed by atoms with Gasteiger partial charge in [0.1, 0.15) is 0 Å². The first-order valence-corrected chi connectivity index (χ1v) is 8.67. The van der Waals surface area contributed by atoms with Crippen molar-refractivity contribution in [3.63, 3.8) is 0 Å². The lowest BCUT2D eigenvalue weighted by molar-refractivity contribution is 0.00578. The quantitative estimate of drug-likeness (QED) is 0.800. The highest BCUT2D eigenvalue weighted by Crippen LogP contribution is 2.36. The fourth-order valence-corrected chi connectivity index (χ4v) is 3.50. The monoisotopic (exact) mass is 315 g/mol. The average Bonchev–Trinajstić information content (AvgIpc) is 2.59. The summed E-state index contributed by atoms with van der Waals surface area (Å²) in [7, 11) is -0.271. The van der Waals surface area contributed by atoms with E-state index < -0.39 is 0 Å². The van der Waals surface area contributed by atoms with Crippen molar-refractivity contribution in [2.24, 2.45) is 5.41 Å². The molecule has 2 saturated heterocycles. The minimum Gasteiger partial charge on any atom is -0.399 e. The first-order chi connectivity index (χ1) is 10.5. The maximum atomic E-state index is 6.19. The van der Waals surface area contributed by atoms with Gasteiger partial charge in [0.2, 0.25) is 0 Å². The van der Waals surface area contributed by atoms with Crippen molar-refractivity contribution < 1.29 is 9.31 Å². The van der Waals surface area contributed by atoms with Gasteiger partial charge in [-0.05, 0) is 56.6 Å². The Bertz CT molecular complexity index is 585. The normalized spacial score (nSPS) is 25.4. The Balaban J connectivity index is 1.76. The molecule has 0 N–H and O–H groups in total. The van der Waals surface area contributed by atoms with E-state index in [1.807, 2.05) is 0 Å². The highest BCUT2D eigenvalue weighted by molar-refractivity contribution is 6.62. The number of benzene rings is 1. The molecule has 1 aromatic carbocycles. The predicted molar refractivity (Wildman–Crippen MR) is 96.0 cm³/mol. The average molecular weight is 315 g/mol. The second-order valence-corrected chi connectivity index (χ2v) is 9.08. The summed E-state index contributed by atoms with van der Waals surface area (Å²) in [6, 6.07) is 6.60. The van der Waals surface area contributed by atoms with Crippen LogP contribution in [0.3, 0.4) is 0 Å². The van der Waals surface area contributed by atoms with Gasteiger partial charge in [0.15, 0.2) is 0 Å². The molecular formula is C19H30BNO2. The van der Waals surface area contributed by atoms with Gasteiger partial charge in [0.25, 0.3) is 0 Å². The molecule has 0 bridgehead atoms. The summed E-state index contributed by atoms with van der Waals surface area (Å²) < 4.78 is 12.4. The maximum absolute atomic E-state index is 6.19. The molecule has 2 aliphatic rings. The first kappa shape index (κ1) is 17.0. The Labute approximate surface area is 141 Å². The van der Waals surface area contributed by atoms with Crippen LogP contribution in [0.5, 0.6) is 0 Å². The van der Waals surface area contributed by atoms with Gasteiger partial charge >= 0.3 is 7.12 Å². The minimum atomic E-state index is -0.287. The fourth-order valence-electron chi connectivity index (χ4n) is 3.50. The van der Waals surface area contributed by atoms with E-state index in [2.05, 4.69) is 71.6 Å². The molecule has 0 spiro atoms. The lowest BCUT2D eigenvalue weighted by Gasteiger charge is -2.46. The SMILES string of the molecule is Cc1ccc(B2OC(C)(C)C(C)(C)O2)cc1CN1CC(C)(C)C1. The van der Waals surface area contributed by atoms with E-state index in [9.17, 15) is 0 Å². The summed E-state index contributed by atoms with van der Waals surface area (Å²) in [6.45, 7) is 18.6. The Morgan fingerprint density at radius 3 is 2.09 bits per heavy atom. The molecule has 126 valence electrons. The largest absolute Gasteiger partial charge is 0.494 e. The van der Waals surface area contributed by atoms with E-state index in [4.69, 9.17) is 9.31 Å². The topological polar surface area (TPSA) is 21.7 Å². The summed E-state index contributed by atoms with van der Waals surface area (Å²) in [6.07, 6.45) is 0. The molecule has 2 heterocycles. The van der Waals surface area contributed by atoms with Gasteiger partial charge in [0.05, 0.1) is 11.2 Å². The molecule has 0 aliphatic carbocycles. The first-order valence-electron chi connectivity index (χ1n) is 8.67. The number of nitrogens with zero attached hydrogens (tertiary/aromatic N) is 1. The van der Waals surface area contributed by atoms with Crippen LogP contribution in [0.4, 0.5) is 0 Å². The molecule has 3 nitrogen and oxygen atoms in total. The molecule has 2 fully saturated rings. The third-order valence-electron chi connectivity index (χ3n) is 5.60. The zero-order chi connectivity index (χ0) is 17.0. The fraction of sp³-hybridized carbons (Fsp3) is 0.684. The van der Waals surface area contributed by atoms with Gasteiger partial charge in [-0.1, -0.05) is 32.0 Å².